The van der Waals surface area contributed by atoms with Gasteiger partial charge in [0.1, 0.15) is 6.29 Å². The van der Waals surface area contributed by atoms with Crippen molar-refractivity contribution >= 4 is 6.29 Å². The van der Waals surface area contributed by atoms with E-state index in [4.69, 9.17) is 5.11 Å². The molecule has 0 heterocycles. The molecule has 0 aromatic rings. The first kappa shape index (κ1) is 6.49. The molecule has 0 amide bonds. The Kier molecular flexibility index (Phi) is 2.01. The Hall–Kier alpha value is -0.630. The highest BCUT2D eigenvalue weighted by atomic mass is 16.3. The van der Waals surface area contributed by atoms with E-state index in [1.165, 1.54) is 0 Å². The van der Waals surface area contributed by atoms with Gasteiger partial charge < -0.3 is 9.90 Å². The third kappa shape index (κ3) is 1.64. The molecule has 1 aliphatic carbocycles. The maximum absolute atomic E-state index is 10.2. The minimum atomic E-state index is -0.394. The maximum Gasteiger partial charge on any atom is 0.123 e. The van der Waals surface area contributed by atoms with Crippen molar-refractivity contribution in [3.8, 4) is 0 Å². The fourth-order valence-corrected chi connectivity index (χ4v) is 1.01. The van der Waals surface area contributed by atoms with Gasteiger partial charge in [-0.05, 0) is 12.8 Å². The van der Waals surface area contributed by atoms with Gasteiger partial charge in [-0.15, -0.1) is 0 Å². The zero-order valence-corrected chi connectivity index (χ0v) is 5.16. The molecule has 0 saturated heterocycles. The molecule has 0 aromatic carbocycles. The van der Waals surface area contributed by atoms with Crippen molar-refractivity contribution in [2.45, 2.75) is 18.9 Å². The Labute approximate surface area is 54.2 Å². The van der Waals surface area contributed by atoms with E-state index in [2.05, 4.69) is 0 Å². The van der Waals surface area contributed by atoms with Crippen LogP contribution in [0.1, 0.15) is 12.8 Å². The van der Waals surface area contributed by atoms with Crippen LogP contribution in [-0.4, -0.2) is 17.5 Å². The smallest absolute Gasteiger partial charge is 0.123 e. The highest BCUT2D eigenvalue weighted by Crippen LogP contribution is 2.15. The standard InChI is InChI=1S/C7H10O2/c8-5-6-2-1-3-7(9)4-6/h1,3,5-7,9H,2,4H2. The van der Waals surface area contributed by atoms with Crippen LogP contribution < -0.4 is 0 Å². The van der Waals surface area contributed by atoms with Crippen molar-refractivity contribution in [3.63, 3.8) is 0 Å². The van der Waals surface area contributed by atoms with Gasteiger partial charge in [-0.25, -0.2) is 0 Å². The number of carbonyl (C=O) groups excluding carboxylic acids is 1. The van der Waals surface area contributed by atoms with E-state index in [1.807, 2.05) is 6.08 Å². The second-order valence-electron chi connectivity index (χ2n) is 2.36. The summed E-state index contributed by atoms with van der Waals surface area (Å²) in [6.07, 6.45) is 5.49. The third-order valence-corrected chi connectivity index (χ3v) is 1.53. The molecule has 50 valence electrons. The molecular formula is C7H10O2. The zero-order chi connectivity index (χ0) is 6.69. The lowest BCUT2D eigenvalue weighted by molar-refractivity contribution is -0.111. The van der Waals surface area contributed by atoms with Crippen LogP contribution in [0.25, 0.3) is 0 Å². The molecule has 1 rings (SSSR count). The Bertz CT molecular complexity index is 129. The second kappa shape index (κ2) is 2.78. The molecule has 0 fully saturated rings. The number of allylic oxidation sites excluding steroid dienone is 1. The second-order valence-corrected chi connectivity index (χ2v) is 2.36. The quantitative estimate of drug-likeness (QED) is 0.410. The molecule has 2 heteroatoms. The minimum absolute atomic E-state index is 0.0463. The predicted molar refractivity (Wildman–Crippen MR) is 33.9 cm³/mol. The summed E-state index contributed by atoms with van der Waals surface area (Å²) in [7, 11) is 0. The number of rotatable bonds is 1. The van der Waals surface area contributed by atoms with Crippen molar-refractivity contribution in [1.82, 2.24) is 0 Å². The molecule has 1 aliphatic rings. The van der Waals surface area contributed by atoms with Gasteiger partial charge in [0.2, 0.25) is 0 Å². The highest BCUT2D eigenvalue weighted by molar-refractivity contribution is 5.54. The Balaban J connectivity index is 2.46. The number of hydrogen-bond donors (Lipinski definition) is 1. The molecule has 0 bridgehead atoms. The van der Waals surface area contributed by atoms with Gasteiger partial charge in [0.25, 0.3) is 0 Å². The maximum atomic E-state index is 10.2. The van der Waals surface area contributed by atoms with E-state index in [1.54, 1.807) is 6.08 Å². The summed E-state index contributed by atoms with van der Waals surface area (Å²) in [6.45, 7) is 0. The molecule has 1 N–H and O–H groups in total. The zero-order valence-electron chi connectivity index (χ0n) is 5.16. The van der Waals surface area contributed by atoms with Crippen LogP contribution in [0.3, 0.4) is 0 Å². The van der Waals surface area contributed by atoms with Crippen molar-refractivity contribution in [2.75, 3.05) is 0 Å². The average Bonchev–Trinajstić information content (AvgIpc) is 1.88. The van der Waals surface area contributed by atoms with Gasteiger partial charge in [-0.1, -0.05) is 12.2 Å². The van der Waals surface area contributed by atoms with Crippen LogP contribution in [0.15, 0.2) is 12.2 Å². The van der Waals surface area contributed by atoms with Crippen molar-refractivity contribution in [1.29, 1.82) is 0 Å². The normalized spacial score (nSPS) is 34.3. The van der Waals surface area contributed by atoms with E-state index in [0.717, 1.165) is 12.7 Å². The Morgan fingerprint density at radius 3 is 2.89 bits per heavy atom. The molecule has 0 aromatic heterocycles. The van der Waals surface area contributed by atoms with E-state index < -0.39 is 6.10 Å². The first-order valence-corrected chi connectivity index (χ1v) is 3.13. The summed E-state index contributed by atoms with van der Waals surface area (Å²) < 4.78 is 0. The van der Waals surface area contributed by atoms with E-state index in [-0.39, 0.29) is 5.92 Å². The highest BCUT2D eigenvalue weighted by Gasteiger charge is 2.13. The largest absolute Gasteiger partial charge is 0.389 e. The van der Waals surface area contributed by atoms with E-state index >= 15 is 0 Å². The summed E-state index contributed by atoms with van der Waals surface area (Å²) in [5, 5.41) is 8.96. The molecule has 0 spiro atoms. The van der Waals surface area contributed by atoms with Crippen LogP contribution in [0.4, 0.5) is 0 Å². The molecule has 9 heavy (non-hydrogen) atoms. The molecule has 0 aliphatic heterocycles. The van der Waals surface area contributed by atoms with Gasteiger partial charge in [-0.2, -0.15) is 0 Å². The van der Waals surface area contributed by atoms with Gasteiger partial charge >= 0.3 is 0 Å². The minimum Gasteiger partial charge on any atom is -0.389 e. The first-order valence-electron chi connectivity index (χ1n) is 3.13. The molecule has 0 radical (unpaired) electrons. The van der Waals surface area contributed by atoms with Gasteiger partial charge in [0.05, 0.1) is 6.10 Å². The van der Waals surface area contributed by atoms with Gasteiger partial charge in [-0.3, -0.25) is 0 Å². The fourth-order valence-electron chi connectivity index (χ4n) is 1.01. The lowest BCUT2D eigenvalue weighted by Crippen LogP contribution is -2.15. The predicted octanol–water partition coefficient (Wildman–Crippen LogP) is 0.512. The number of aliphatic hydroxyl groups is 1. The average molecular weight is 126 g/mol. The Morgan fingerprint density at radius 1 is 1.67 bits per heavy atom. The molecule has 0 saturated carbocycles. The number of aldehydes is 1. The van der Waals surface area contributed by atoms with Crippen LogP contribution in [0.5, 0.6) is 0 Å². The summed E-state index contributed by atoms with van der Waals surface area (Å²) in [5.41, 5.74) is 0. The lowest BCUT2D eigenvalue weighted by atomic mass is 9.94. The number of carbonyl (C=O) groups is 1. The molecule has 2 nitrogen and oxygen atoms in total. The van der Waals surface area contributed by atoms with Crippen molar-refractivity contribution in [3.05, 3.63) is 12.2 Å². The SMILES string of the molecule is O=CC1CC=CC(O)C1. The van der Waals surface area contributed by atoms with Crippen LogP contribution in [-0.2, 0) is 4.79 Å². The number of aliphatic hydroxyl groups excluding tert-OH is 1. The van der Waals surface area contributed by atoms with Crippen molar-refractivity contribution in [2.24, 2.45) is 5.92 Å². The monoisotopic (exact) mass is 126 g/mol. The summed E-state index contributed by atoms with van der Waals surface area (Å²) >= 11 is 0. The first-order chi connectivity index (χ1) is 4.33. The number of hydrogen-bond acceptors (Lipinski definition) is 2. The van der Waals surface area contributed by atoms with E-state index in [0.29, 0.717) is 6.42 Å². The van der Waals surface area contributed by atoms with Gasteiger partial charge in [0, 0.05) is 5.92 Å². The topological polar surface area (TPSA) is 37.3 Å². The fraction of sp³-hybridized carbons (Fsp3) is 0.571. The summed E-state index contributed by atoms with van der Waals surface area (Å²) in [4.78, 5) is 10.2. The lowest BCUT2D eigenvalue weighted by Gasteiger charge is -2.14. The summed E-state index contributed by atoms with van der Waals surface area (Å²) in [6, 6.07) is 0. The van der Waals surface area contributed by atoms with Crippen LogP contribution >= 0.6 is 0 Å². The van der Waals surface area contributed by atoms with E-state index in [9.17, 15) is 4.79 Å². The van der Waals surface area contributed by atoms with Gasteiger partial charge in [0.15, 0.2) is 0 Å². The van der Waals surface area contributed by atoms with Crippen LogP contribution in [0.2, 0.25) is 0 Å². The van der Waals surface area contributed by atoms with Crippen LogP contribution in [0, 0.1) is 5.92 Å². The molecular weight excluding hydrogens is 116 g/mol. The third-order valence-electron chi connectivity index (χ3n) is 1.53. The Morgan fingerprint density at radius 2 is 2.44 bits per heavy atom. The summed E-state index contributed by atoms with van der Waals surface area (Å²) in [5.74, 6) is 0.0463. The molecule has 2 unspecified atom stereocenters. The van der Waals surface area contributed by atoms with Crippen molar-refractivity contribution < 1.29 is 9.90 Å². The molecule has 2 atom stereocenters.